The van der Waals surface area contributed by atoms with E-state index in [0.29, 0.717) is 18.3 Å². The van der Waals surface area contributed by atoms with Crippen molar-refractivity contribution in [1.82, 2.24) is 15.1 Å². The number of rotatable bonds is 4. The maximum atomic E-state index is 5.47. The number of nitrogens with two attached hydrogens (primary N) is 1. The van der Waals surface area contributed by atoms with Gasteiger partial charge in [-0.15, -0.1) is 0 Å². The molecule has 19 heavy (non-hydrogen) atoms. The minimum Gasteiger partial charge on any atom is -0.334 e. The van der Waals surface area contributed by atoms with E-state index in [2.05, 4.69) is 15.1 Å². The van der Waals surface area contributed by atoms with E-state index >= 15 is 0 Å². The molecule has 0 saturated heterocycles. The second-order valence-corrected chi connectivity index (χ2v) is 4.28. The molecular weight excluding hydrogens is 240 g/mol. The Balaban J connectivity index is 2.02. The Morgan fingerprint density at radius 2 is 2.11 bits per heavy atom. The molecule has 2 heterocycles. The number of aryl methyl sites for hydroxylation is 1. The highest BCUT2D eigenvalue weighted by atomic mass is 16.5. The number of hydrogen-bond donors (Lipinski definition) is 1. The van der Waals surface area contributed by atoms with Crippen molar-refractivity contribution >= 4 is 10.9 Å². The van der Waals surface area contributed by atoms with Crippen LogP contribution in [0.5, 0.6) is 0 Å². The molecule has 0 radical (unpaired) electrons. The van der Waals surface area contributed by atoms with Gasteiger partial charge in [-0.25, -0.2) is 0 Å². The summed E-state index contributed by atoms with van der Waals surface area (Å²) in [6, 6.07) is 9.77. The largest absolute Gasteiger partial charge is 0.334 e. The summed E-state index contributed by atoms with van der Waals surface area (Å²) in [4.78, 5) is 8.72. The third kappa shape index (κ3) is 2.32. The second-order valence-electron chi connectivity index (χ2n) is 4.28. The molecule has 5 nitrogen and oxygen atoms in total. The summed E-state index contributed by atoms with van der Waals surface area (Å²) in [6.07, 6.45) is 3.37. The van der Waals surface area contributed by atoms with E-state index in [-0.39, 0.29) is 0 Å². The maximum Gasteiger partial charge on any atom is 0.258 e. The van der Waals surface area contributed by atoms with Gasteiger partial charge in [-0.3, -0.25) is 4.98 Å². The highest BCUT2D eigenvalue weighted by Crippen LogP contribution is 2.26. The fourth-order valence-corrected chi connectivity index (χ4v) is 2.01. The van der Waals surface area contributed by atoms with Crippen molar-refractivity contribution in [2.75, 3.05) is 6.54 Å². The van der Waals surface area contributed by atoms with Gasteiger partial charge >= 0.3 is 0 Å². The Kier molecular flexibility index (Phi) is 3.20. The summed E-state index contributed by atoms with van der Waals surface area (Å²) in [6.45, 7) is 0.627. The molecule has 0 aliphatic rings. The van der Waals surface area contributed by atoms with Gasteiger partial charge in [0, 0.05) is 23.6 Å². The quantitative estimate of drug-likeness (QED) is 0.772. The molecule has 0 unspecified atom stereocenters. The fourth-order valence-electron chi connectivity index (χ4n) is 2.01. The highest BCUT2D eigenvalue weighted by molar-refractivity contribution is 5.92. The lowest BCUT2D eigenvalue weighted by Gasteiger charge is -2.00. The third-order valence-electron chi connectivity index (χ3n) is 2.95. The molecule has 0 spiro atoms. The molecular formula is C14H14N4O. The van der Waals surface area contributed by atoms with Crippen molar-refractivity contribution in [1.29, 1.82) is 0 Å². The van der Waals surface area contributed by atoms with Crippen molar-refractivity contribution in [3.8, 4) is 11.5 Å². The van der Waals surface area contributed by atoms with E-state index < -0.39 is 0 Å². The minimum absolute atomic E-state index is 0.533. The van der Waals surface area contributed by atoms with Crippen molar-refractivity contribution < 1.29 is 4.52 Å². The first-order valence-electron chi connectivity index (χ1n) is 6.25. The minimum atomic E-state index is 0.533. The number of aromatic nitrogens is 3. The van der Waals surface area contributed by atoms with Gasteiger partial charge in [0.2, 0.25) is 0 Å². The Labute approximate surface area is 110 Å². The molecule has 0 atom stereocenters. The van der Waals surface area contributed by atoms with Gasteiger partial charge in [0.05, 0.1) is 5.52 Å². The van der Waals surface area contributed by atoms with Crippen LogP contribution in [0.3, 0.4) is 0 Å². The topological polar surface area (TPSA) is 77.8 Å². The normalized spacial score (nSPS) is 11.0. The zero-order chi connectivity index (χ0) is 13.1. The molecule has 0 aliphatic heterocycles. The molecule has 2 aromatic heterocycles. The Morgan fingerprint density at radius 1 is 1.16 bits per heavy atom. The van der Waals surface area contributed by atoms with Crippen molar-refractivity contribution in [2.45, 2.75) is 12.8 Å². The van der Waals surface area contributed by atoms with Gasteiger partial charge in [0.25, 0.3) is 5.89 Å². The standard InChI is InChI=1S/C14H14N4O/c15-8-2-7-13-17-14(19-18-13)11-4-1-6-12-10(11)5-3-9-16-12/h1,3-6,9H,2,7-8,15H2. The molecule has 0 amide bonds. The van der Waals surface area contributed by atoms with E-state index in [1.807, 2.05) is 30.3 Å². The summed E-state index contributed by atoms with van der Waals surface area (Å²) in [5.41, 5.74) is 7.31. The van der Waals surface area contributed by atoms with E-state index in [1.165, 1.54) is 0 Å². The van der Waals surface area contributed by atoms with Crippen LogP contribution in [0.25, 0.3) is 22.4 Å². The summed E-state index contributed by atoms with van der Waals surface area (Å²) in [7, 11) is 0. The lowest BCUT2D eigenvalue weighted by atomic mass is 10.1. The van der Waals surface area contributed by atoms with Crippen LogP contribution < -0.4 is 5.73 Å². The van der Waals surface area contributed by atoms with E-state index in [4.69, 9.17) is 10.3 Å². The zero-order valence-electron chi connectivity index (χ0n) is 10.4. The van der Waals surface area contributed by atoms with Gasteiger partial charge in [0.15, 0.2) is 5.82 Å². The third-order valence-corrected chi connectivity index (χ3v) is 2.95. The molecule has 5 heteroatoms. The van der Waals surface area contributed by atoms with Crippen LogP contribution in [0.2, 0.25) is 0 Å². The van der Waals surface area contributed by atoms with E-state index in [9.17, 15) is 0 Å². The van der Waals surface area contributed by atoms with Crippen molar-refractivity contribution in [3.63, 3.8) is 0 Å². The van der Waals surface area contributed by atoms with Crippen molar-refractivity contribution in [2.24, 2.45) is 5.73 Å². The highest BCUT2D eigenvalue weighted by Gasteiger charge is 2.11. The number of nitrogens with zero attached hydrogens (tertiary/aromatic N) is 3. The monoisotopic (exact) mass is 254 g/mol. The SMILES string of the molecule is NCCCc1noc(-c2cccc3ncccc23)n1. The fraction of sp³-hybridized carbons (Fsp3) is 0.214. The lowest BCUT2D eigenvalue weighted by molar-refractivity contribution is 0.422. The van der Waals surface area contributed by atoms with E-state index in [1.54, 1.807) is 6.20 Å². The molecule has 0 fully saturated rings. The number of benzene rings is 1. The van der Waals surface area contributed by atoms with Crippen LogP contribution in [0.4, 0.5) is 0 Å². The van der Waals surface area contributed by atoms with Gasteiger partial charge in [-0.05, 0) is 31.2 Å². The lowest BCUT2D eigenvalue weighted by Crippen LogP contribution is -2.01. The number of fused-ring (bicyclic) bond motifs is 1. The summed E-state index contributed by atoms with van der Waals surface area (Å²) in [5, 5.41) is 4.99. The van der Waals surface area contributed by atoms with Crippen LogP contribution in [-0.2, 0) is 6.42 Å². The zero-order valence-corrected chi connectivity index (χ0v) is 10.4. The van der Waals surface area contributed by atoms with Gasteiger partial charge in [-0.1, -0.05) is 17.3 Å². The Hall–Kier alpha value is -2.27. The average Bonchev–Trinajstić information content (AvgIpc) is 2.93. The van der Waals surface area contributed by atoms with Gasteiger partial charge in [-0.2, -0.15) is 4.98 Å². The van der Waals surface area contributed by atoms with Crippen LogP contribution in [-0.4, -0.2) is 21.7 Å². The first kappa shape index (κ1) is 11.8. The molecule has 1 aromatic carbocycles. The van der Waals surface area contributed by atoms with Gasteiger partial charge < -0.3 is 10.3 Å². The second kappa shape index (κ2) is 5.16. The molecule has 3 rings (SSSR count). The molecule has 96 valence electrons. The molecule has 2 N–H and O–H groups in total. The molecule has 0 saturated carbocycles. The first-order chi connectivity index (χ1) is 9.38. The van der Waals surface area contributed by atoms with Crippen molar-refractivity contribution in [3.05, 3.63) is 42.4 Å². The predicted molar refractivity (Wildman–Crippen MR) is 72.4 cm³/mol. The van der Waals surface area contributed by atoms with Crippen LogP contribution in [0.15, 0.2) is 41.1 Å². The van der Waals surface area contributed by atoms with Crippen LogP contribution in [0, 0.1) is 0 Å². The summed E-state index contributed by atoms with van der Waals surface area (Å²) in [5.74, 6) is 1.23. The summed E-state index contributed by atoms with van der Waals surface area (Å²) >= 11 is 0. The molecule has 0 aliphatic carbocycles. The van der Waals surface area contributed by atoms with Crippen LogP contribution >= 0.6 is 0 Å². The number of pyridine rings is 1. The molecule has 0 bridgehead atoms. The maximum absolute atomic E-state index is 5.47. The Morgan fingerprint density at radius 3 is 3.00 bits per heavy atom. The van der Waals surface area contributed by atoms with E-state index in [0.717, 1.165) is 29.3 Å². The smallest absolute Gasteiger partial charge is 0.258 e. The van der Waals surface area contributed by atoms with Gasteiger partial charge in [0.1, 0.15) is 0 Å². The molecule has 3 aromatic rings. The average molecular weight is 254 g/mol. The Bertz CT molecular complexity index is 687. The number of hydrogen-bond acceptors (Lipinski definition) is 5. The summed E-state index contributed by atoms with van der Waals surface area (Å²) < 4.78 is 5.33. The first-order valence-corrected chi connectivity index (χ1v) is 6.25. The van der Waals surface area contributed by atoms with Crippen LogP contribution in [0.1, 0.15) is 12.2 Å². The predicted octanol–water partition coefficient (Wildman–Crippen LogP) is 2.18.